The van der Waals surface area contributed by atoms with Gasteiger partial charge in [0.05, 0.1) is 13.2 Å². The highest BCUT2D eigenvalue weighted by Crippen LogP contribution is 2.14. The number of ether oxygens (including phenoxy) is 4. The molecule has 0 N–H and O–H groups in total. The van der Waals surface area contributed by atoms with E-state index in [1.54, 1.807) is 0 Å². The number of rotatable bonds is 6. The Hall–Kier alpha value is -2.04. The van der Waals surface area contributed by atoms with Crippen LogP contribution in [0.25, 0.3) is 0 Å². The van der Waals surface area contributed by atoms with Crippen molar-refractivity contribution < 1.29 is 18.9 Å². The molecule has 2 aliphatic rings. The topological polar surface area (TPSA) is 43.5 Å². The van der Waals surface area contributed by atoms with Gasteiger partial charge in [0.25, 0.3) is 0 Å². The molecule has 2 aromatic carbocycles. The molecule has 2 saturated heterocycles. The molecule has 2 fully saturated rings. The standard InChI is InChI=1S/2C9H10O2.3C2H6/c2*1-2-4-8(5-3-1)10-6-9-7-11-9;3*1-2/h2*1-5,9H,6-7H2;3*1-2H3. The van der Waals surface area contributed by atoms with Crippen LogP contribution in [0.4, 0.5) is 0 Å². The monoisotopic (exact) mass is 390 g/mol. The number of hydrogen-bond acceptors (Lipinski definition) is 4. The largest absolute Gasteiger partial charge is 0.491 e. The third-order valence-corrected chi connectivity index (χ3v) is 3.16. The summed E-state index contributed by atoms with van der Waals surface area (Å²) < 4.78 is 20.8. The summed E-state index contributed by atoms with van der Waals surface area (Å²) in [5.74, 6) is 1.84. The molecule has 158 valence electrons. The van der Waals surface area contributed by atoms with Gasteiger partial charge in [-0.15, -0.1) is 0 Å². The fraction of sp³-hybridized carbons (Fsp3) is 0.500. The maximum atomic E-state index is 5.40. The molecular formula is C24H38O4. The van der Waals surface area contributed by atoms with Gasteiger partial charge in [0.2, 0.25) is 0 Å². The van der Waals surface area contributed by atoms with E-state index < -0.39 is 0 Å². The van der Waals surface area contributed by atoms with E-state index in [9.17, 15) is 0 Å². The van der Waals surface area contributed by atoms with Crippen LogP contribution in [0.3, 0.4) is 0 Å². The molecule has 0 aliphatic carbocycles. The van der Waals surface area contributed by atoms with Crippen LogP contribution >= 0.6 is 0 Å². The van der Waals surface area contributed by atoms with Crippen molar-refractivity contribution in [3.8, 4) is 11.5 Å². The molecule has 0 spiro atoms. The Bertz CT molecular complexity index is 486. The molecule has 4 heteroatoms. The second-order valence-electron chi connectivity index (χ2n) is 5.16. The van der Waals surface area contributed by atoms with E-state index in [0.717, 1.165) is 24.7 Å². The predicted octanol–water partition coefficient (Wildman–Crippen LogP) is 6.01. The maximum absolute atomic E-state index is 5.40. The smallest absolute Gasteiger partial charge is 0.119 e. The summed E-state index contributed by atoms with van der Waals surface area (Å²) in [6.07, 6.45) is 0.686. The Balaban J connectivity index is 0.000000412. The van der Waals surface area contributed by atoms with Crippen molar-refractivity contribution in [2.24, 2.45) is 0 Å². The summed E-state index contributed by atoms with van der Waals surface area (Å²) in [7, 11) is 0. The Labute approximate surface area is 171 Å². The zero-order valence-electron chi connectivity index (χ0n) is 18.4. The maximum Gasteiger partial charge on any atom is 0.119 e. The summed E-state index contributed by atoms with van der Waals surface area (Å²) >= 11 is 0. The van der Waals surface area contributed by atoms with Crippen LogP contribution in [0.1, 0.15) is 41.5 Å². The van der Waals surface area contributed by atoms with Crippen molar-refractivity contribution in [2.45, 2.75) is 53.8 Å². The highest BCUT2D eigenvalue weighted by atomic mass is 16.6. The molecule has 0 aromatic heterocycles. The lowest BCUT2D eigenvalue weighted by Gasteiger charge is -2.01. The van der Waals surface area contributed by atoms with Gasteiger partial charge in [0, 0.05) is 0 Å². The molecule has 0 bridgehead atoms. The summed E-state index contributed by atoms with van der Waals surface area (Å²) in [6, 6.07) is 19.6. The number of benzene rings is 2. The summed E-state index contributed by atoms with van der Waals surface area (Å²) in [5.41, 5.74) is 0. The molecule has 2 atom stereocenters. The van der Waals surface area contributed by atoms with Gasteiger partial charge in [-0.05, 0) is 24.3 Å². The Morgan fingerprint density at radius 1 is 0.607 bits per heavy atom. The molecular weight excluding hydrogens is 352 g/mol. The van der Waals surface area contributed by atoms with Gasteiger partial charge in [-0.1, -0.05) is 77.9 Å². The lowest BCUT2D eigenvalue weighted by molar-refractivity contribution is 0.263. The Kier molecular flexibility index (Phi) is 17.0. The van der Waals surface area contributed by atoms with Gasteiger partial charge in [-0.25, -0.2) is 0 Å². The van der Waals surface area contributed by atoms with Gasteiger partial charge in [0.15, 0.2) is 0 Å². The zero-order chi connectivity index (χ0) is 21.0. The third kappa shape index (κ3) is 14.1. The molecule has 4 rings (SSSR count). The summed E-state index contributed by atoms with van der Waals surface area (Å²) in [4.78, 5) is 0. The molecule has 4 nitrogen and oxygen atoms in total. The van der Waals surface area contributed by atoms with E-state index in [1.807, 2.05) is 102 Å². The van der Waals surface area contributed by atoms with Gasteiger partial charge >= 0.3 is 0 Å². The number of para-hydroxylation sites is 2. The van der Waals surface area contributed by atoms with Crippen molar-refractivity contribution in [2.75, 3.05) is 26.4 Å². The molecule has 28 heavy (non-hydrogen) atoms. The van der Waals surface area contributed by atoms with Gasteiger partial charge in [0.1, 0.15) is 36.9 Å². The SMILES string of the molecule is CC.CC.CC.c1ccc(OCC2CO2)cc1.c1ccc(OCC2CO2)cc1. The fourth-order valence-electron chi connectivity index (χ4n) is 1.74. The van der Waals surface area contributed by atoms with Crippen LogP contribution in [0.5, 0.6) is 11.5 Å². The van der Waals surface area contributed by atoms with Crippen LogP contribution in [0.2, 0.25) is 0 Å². The van der Waals surface area contributed by atoms with E-state index >= 15 is 0 Å². The summed E-state index contributed by atoms with van der Waals surface area (Å²) in [6.45, 7) is 15.1. The van der Waals surface area contributed by atoms with Crippen LogP contribution < -0.4 is 9.47 Å². The van der Waals surface area contributed by atoms with E-state index in [-0.39, 0.29) is 0 Å². The minimum atomic E-state index is 0.343. The van der Waals surface area contributed by atoms with Crippen LogP contribution in [-0.2, 0) is 9.47 Å². The van der Waals surface area contributed by atoms with Gasteiger partial charge in [-0.2, -0.15) is 0 Å². The average Bonchev–Trinajstić information content (AvgIpc) is 3.72. The normalized spacial score (nSPS) is 17.4. The first-order valence-corrected chi connectivity index (χ1v) is 10.5. The van der Waals surface area contributed by atoms with Crippen molar-refractivity contribution in [1.82, 2.24) is 0 Å². The van der Waals surface area contributed by atoms with Crippen molar-refractivity contribution in [3.05, 3.63) is 60.7 Å². The highest BCUT2D eigenvalue weighted by Gasteiger charge is 2.23. The first-order chi connectivity index (χ1) is 13.9. The Morgan fingerprint density at radius 3 is 1.14 bits per heavy atom. The molecule has 0 saturated carbocycles. The molecule has 2 unspecified atom stereocenters. The first-order valence-electron chi connectivity index (χ1n) is 10.5. The second kappa shape index (κ2) is 18.3. The quantitative estimate of drug-likeness (QED) is 0.567. The summed E-state index contributed by atoms with van der Waals surface area (Å²) in [5, 5.41) is 0. The van der Waals surface area contributed by atoms with Gasteiger partial charge < -0.3 is 18.9 Å². The predicted molar refractivity (Wildman–Crippen MR) is 117 cm³/mol. The van der Waals surface area contributed by atoms with Crippen LogP contribution in [0, 0.1) is 0 Å². The Morgan fingerprint density at radius 2 is 0.893 bits per heavy atom. The van der Waals surface area contributed by atoms with Crippen LogP contribution in [0.15, 0.2) is 60.7 Å². The fourth-order valence-corrected chi connectivity index (χ4v) is 1.74. The lowest BCUT2D eigenvalue weighted by Crippen LogP contribution is -2.03. The minimum absolute atomic E-state index is 0.343. The average molecular weight is 391 g/mol. The third-order valence-electron chi connectivity index (χ3n) is 3.16. The van der Waals surface area contributed by atoms with Crippen molar-refractivity contribution in [3.63, 3.8) is 0 Å². The molecule has 0 amide bonds. The van der Waals surface area contributed by atoms with E-state index in [1.165, 1.54) is 0 Å². The van der Waals surface area contributed by atoms with Crippen molar-refractivity contribution >= 4 is 0 Å². The lowest BCUT2D eigenvalue weighted by atomic mass is 10.3. The van der Waals surface area contributed by atoms with Crippen molar-refractivity contribution in [1.29, 1.82) is 0 Å². The van der Waals surface area contributed by atoms with Gasteiger partial charge in [-0.3, -0.25) is 0 Å². The highest BCUT2D eigenvalue weighted by molar-refractivity contribution is 5.21. The molecule has 2 heterocycles. The molecule has 2 aliphatic heterocycles. The molecule has 2 aromatic rings. The van der Waals surface area contributed by atoms with E-state index in [2.05, 4.69) is 0 Å². The van der Waals surface area contributed by atoms with Crippen LogP contribution in [-0.4, -0.2) is 38.6 Å². The second-order valence-corrected chi connectivity index (χ2v) is 5.16. The zero-order valence-corrected chi connectivity index (χ0v) is 18.4. The minimum Gasteiger partial charge on any atom is -0.491 e. The first kappa shape index (κ1) is 26.0. The van der Waals surface area contributed by atoms with E-state index in [0.29, 0.717) is 25.4 Å². The van der Waals surface area contributed by atoms with E-state index in [4.69, 9.17) is 18.9 Å². The number of epoxide rings is 2. The number of hydrogen-bond donors (Lipinski definition) is 0. The molecule has 0 radical (unpaired) electrons.